The number of hydrogen-bond donors (Lipinski definition) is 0. The molecule has 8 heteroatoms. The molecule has 0 spiro atoms. The van der Waals surface area contributed by atoms with Crippen molar-refractivity contribution >= 4 is 17.7 Å². The molecule has 1 aliphatic heterocycles. The van der Waals surface area contributed by atoms with Crippen LogP contribution in [0, 0.1) is 0 Å². The fourth-order valence-corrected chi connectivity index (χ4v) is 3.00. The van der Waals surface area contributed by atoms with Gasteiger partial charge in [-0.05, 0) is 35.9 Å². The van der Waals surface area contributed by atoms with Crippen molar-refractivity contribution in [2.75, 3.05) is 20.8 Å². The molecule has 1 fully saturated rings. The van der Waals surface area contributed by atoms with Gasteiger partial charge in [-0.15, -0.1) is 0 Å². The molecule has 22 heavy (non-hydrogen) atoms. The van der Waals surface area contributed by atoms with Crippen LogP contribution in [0.3, 0.4) is 0 Å². The molecule has 4 nitrogen and oxygen atoms in total. The third kappa shape index (κ3) is 4.07. The van der Waals surface area contributed by atoms with Gasteiger partial charge in [-0.25, -0.2) is 0 Å². The number of carbonyl (C=O) groups is 1. The molecule has 1 atom stereocenters. The number of ether oxygens (including phenoxy) is 2. The number of methoxy groups -OCH3 is 2. The molecule has 1 heterocycles. The molecule has 0 aliphatic carbocycles. The molecule has 1 aromatic rings. The lowest BCUT2D eigenvalue weighted by atomic mass is 10.0. The number of esters is 1. The molecule has 1 aliphatic rings. The number of likely N-dealkylation sites (tertiary alicyclic amines) is 1. The van der Waals surface area contributed by atoms with Gasteiger partial charge in [0.15, 0.2) is 0 Å². The van der Waals surface area contributed by atoms with E-state index in [0.29, 0.717) is 25.1 Å². The zero-order valence-electron chi connectivity index (χ0n) is 12.1. The number of halogens is 3. The Hall–Kier alpha value is -1.41. The first-order valence-electron chi connectivity index (χ1n) is 6.58. The topological polar surface area (TPSA) is 38.8 Å². The van der Waals surface area contributed by atoms with E-state index in [4.69, 9.17) is 9.47 Å². The normalized spacial score (nSPS) is 18.7. The fourth-order valence-electron chi connectivity index (χ4n) is 2.29. The van der Waals surface area contributed by atoms with Gasteiger partial charge in [0.2, 0.25) is 0 Å². The minimum atomic E-state index is -4.38. The summed E-state index contributed by atoms with van der Waals surface area (Å²) in [7, 11) is 2.66. The molecule has 2 rings (SSSR count). The molecular formula is C14H16F3NO3S. The van der Waals surface area contributed by atoms with Crippen LogP contribution in [0.2, 0.25) is 0 Å². The number of carbonyl (C=O) groups excluding carboxylic acids is 1. The van der Waals surface area contributed by atoms with Crippen molar-refractivity contribution in [3.8, 4) is 5.75 Å². The van der Waals surface area contributed by atoms with Crippen LogP contribution < -0.4 is 4.74 Å². The van der Waals surface area contributed by atoms with Gasteiger partial charge >= 0.3 is 11.5 Å². The largest absolute Gasteiger partial charge is 0.496 e. The van der Waals surface area contributed by atoms with E-state index >= 15 is 0 Å². The van der Waals surface area contributed by atoms with Crippen molar-refractivity contribution in [1.82, 2.24) is 4.90 Å². The van der Waals surface area contributed by atoms with Gasteiger partial charge < -0.3 is 9.47 Å². The van der Waals surface area contributed by atoms with Crippen LogP contribution in [0.5, 0.6) is 5.75 Å². The molecule has 0 aromatic heterocycles. The maximum absolute atomic E-state index is 12.6. The summed E-state index contributed by atoms with van der Waals surface area (Å²) in [6.07, 6.45) is 0.701. The lowest BCUT2D eigenvalue weighted by Gasteiger charge is -2.38. The van der Waals surface area contributed by atoms with Crippen molar-refractivity contribution in [1.29, 1.82) is 0 Å². The van der Waals surface area contributed by atoms with Gasteiger partial charge in [0, 0.05) is 13.1 Å². The number of hydrogen-bond acceptors (Lipinski definition) is 5. The molecule has 122 valence electrons. The molecule has 1 saturated heterocycles. The summed E-state index contributed by atoms with van der Waals surface area (Å²) in [5, 5.41) is 0. The van der Waals surface area contributed by atoms with Crippen LogP contribution >= 0.6 is 11.8 Å². The molecule has 0 N–H and O–H groups in total. The Labute approximate surface area is 130 Å². The van der Waals surface area contributed by atoms with E-state index in [1.54, 1.807) is 6.07 Å². The smallest absolute Gasteiger partial charge is 0.446 e. The van der Waals surface area contributed by atoms with E-state index in [-0.39, 0.29) is 34.4 Å². The maximum Gasteiger partial charge on any atom is 0.446 e. The highest BCUT2D eigenvalue weighted by molar-refractivity contribution is 8.00. The number of alkyl halides is 3. The average molecular weight is 335 g/mol. The summed E-state index contributed by atoms with van der Waals surface area (Å²) >= 11 is -0.205. The van der Waals surface area contributed by atoms with Crippen molar-refractivity contribution in [2.24, 2.45) is 0 Å². The second-order valence-corrected chi connectivity index (χ2v) is 5.94. The SMILES string of the molecule is COC(=O)[C@H]1CCN1Cc1ccc(OC)c(SC(F)(F)F)c1. The summed E-state index contributed by atoms with van der Waals surface area (Å²) < 4.78 is 47.4. The Balaban J connectivity index is 2.12. The van der Waals surface area contributed by atoms with E-state index in [0.717, 1.165) is 0 Å². The average Bonchev–Trinajstić information content (AvgIpc) is 2.42. The summed E-state index contributed by atoms with van der Waals surface area (Å²) in [6, 6.07) is 4.34. The Morgan fingerprint density at radius 3 is 2.64 bits per heavy atom. The minimum absolute atomic E-state index is 0.0163. The van der Waals surface area contributed by atoms with Gasteiger partial charge in [-0.3, -0.25) is 9.69 Å². The van der Waals surface area contributed by atoms with Gasteiger partial charge in [0.1, 0.15) is 11.8 Å². The summed E-state index contributed by atoms with van der Waals surface area (Å²) in [4.78, 5) is 13.4. The van der Waals surface area contributed by atoms with E-state index in [1.165, 1.54) is 26.4 Å². The predicted octanol–water partition coefficient (Wildman–Crippen LogP) is 3.05. The van der Waals surface area contributed by atoms with Crippen LogP contribution in [-0.2, 0) is 16.1 Å². The van der Waals surface area contributed by atoms with Gasteiger partial charge in [-0.2, -0.15) is 13.2 Å². The van der Waals surface area contributed by atoms with Gasteiger partial charge in [0.05, 0.1) is 19.1 Å². The molecule has 0 unspecified atom stereocenters. The third-order valence-electron chi connectivity index (χ3n) is 3.44. The Kier molecular flexibility index (Phi) is 5.23. The van der Waals surface area contributed by atoms with Crippen molar-refractivity contribution in [3.05, 3.63) is 23.8 Å². The van der Waals surface area contributed by atoms with Crippen molar-refractivity contribution in [3.63, 3.8) is 0 Å². The zero-order chi connectivity index (χ0) is 16.3. The van der Waals surface area contributed by atoms with Gasteiger partial charge in [0.25, 0.3) is 0 Å². The predicted molar refractivity (Wildman–Crippen MR) is 75.7 cm³/mol. The monoisotopic (exact) mass is 335 g/mol. The van der Waals surface area contributed by atoms with Crippen LogP contribution in [0.4, 0.5) is 13.2 Å². The van der Waals surface area contributed by atoms with Crippen LogP contribution in [0.15, 0.2) is 23.1 Å². The number of benzene rings is 1. The second kappa shape index (κ2) is 6.78. The first kappa shape index (κ1) is 17.0. The van der Waals surface area contributed by atoms with Crippen LogP contribution in [0.25, 0.3) is 0 Å². The van der Waals surface area contributed by atoms with Crippen molar-refractivity contribution < 1.29 is 27.4 Å². The highest BCUT2D eigenvalue weighted by atomic mass is 32.2. The highest BCUT2D eigenvalue weighted by Crippen LogP contribution is 2.42. The Bertz CT molecular complexity index is 551. The molecule has 0 amide bonds. The second-order valence-electron chi connectivity index (χ2n) is 4.83. The molecule has 0 bridgehead atoms. The summed E-state index contributed by atoms with van der Waals surface area (Å²) in [5.41, 5.74) is -3.68. The standard InChI is InChI=1S/C14H16F3NO3S/c1-20-11-4-3-9(7-12(11)22-14(15,16)17)8-18-6-5-10(18)13(19)21-2/h3-4,7,10H,5-6,8H2,1-2H3/t10-/m1/s1. The van der Waals surface area contributed by atoms with Gasteiger partial charge in [-0.1, -0.05) is 6.07 Å². The fraction of sp³-hybridized carbons (Fsp3) is 0.500. The van der Waals surface area contributed by atoms with Crippen LogP contribution in [-0.4, -0.2) is 43.2 Å². The first-order valence-corrected chi connectivity index (χ1v) is 7.40. The summed E-state index contributed by atoms with van der Waals surface area (Å²) in [5.74, 6) is -0.135. The first-order chi connectivity index (χ1) is 10.3. The van der Waals surface area contributed by atoms with E-state index in [2.05, 4.69) is 0 Å². The molecule has 0 saturated carbocycles. The Morgan fingerprint density at radius 2 is 2.14 bits per heavy atom. The Morgan fingerprint density at radius 1 is 1.41 bits per heavy atom. The number of thioether (sulfide) groups is 1. The molecule has 0 radical (unpaired) electrons. The zero-order valence-corrected chi connectivity index (χ0v) is 13.0. The molecular weight excluding hydrogens is 319 g/mol. The lowest BCUT2D eigenvalue weighted by Crippen LogP contribution is -2.52. The van der Waals surface area contributed by atoms with E-state index < -0.39 is 5.51 Å². The maximum atomic E-state index is 12.6. The van der Waals surface area contributed by atoms with Crippen molar-refractivity contribution in [2.45, 2.75) is 29.4 Å². The number of rotatable bonds is 5. The lowest BCUT2D eigenvalue weighted by molar-refractivity contribution is -0.152. The quantitative estimate of drug-likeness (QED) is 0.611. The highest BCUT2D eigenvalue weighted by Gasteiger charge is 2.35. The summed E-state index contributed by atoms with van der Waals surface area (Å²) in [6.45, 7) is 1.11. The third-order valence-corrected chi connectivity index (χ3v) is 4.21. The van der Waals surface area contributed by atoms with Crippen LogP contribution in [0.1, 0.15) is 12.0 Å². The number of nitrogens with zero attached hydrogens (tertiary/aromatic N) is 1. The van der Waals surface area contributed by atoms with E-state index in [1.807, 2.05) is 4.90 Å². The van der Waals surface area contributed by atoms with E-state index in [9.17, 15) is 18.0 Å². The minimum Gasteiger partial charge on any atom is -0.496 e. The molecule has 1 aromatic carbocycles.